The minimum Gasteiger partial charge on any atom is -0.489 e. The first-order valence-electron chi connectivity index (χ1n) is 8.34. The van der Waals surface area contributed by atoms with Crippen molar-refractivity contribution in [3.05, 3.63) is 64.7 Å². The van der Waals surface area contributed by atoms with Crippen molar-refractivity contribution >= 4 is 11.6 Å². The van der Waals surface area contributed by atoms with Crippen LogP contribution >= 0.6 is 11.6 Å². The minimum atomic E-state index is -0.137. The van der Waals surface area contributed by atoms with E-state index in [0.717, 1.165) is 6.42 Å². The molecule has 24 heavy (non-hydrogen) atoms. The third-order valence-corrected chi connectivity index (χ3v) is 4.28. The van der Waals surface area contributed by atoms with Crippen molar-refractivity contribution in [1.82, 2.24) is 0 Å². The molecule has 2 aromatic rings. The van der Waals surface area contributed by atoms with Gasteiger partial charge in [-0.2, -0.15) is 0 Å². The van der Waals surface area contributed by atoms with E-state index in [4.69, 9.17) is 25.8 Å². The van der Waals surface area contributed by atoms with Gasteiger partial charge in [0.15, 0.2) is 6.29 Å². The van der Waals surface area contributed by atoms with Crippen LogP contribution in [0.3, 0.4) is 0 Å². The van der Waals surface area contributed by atoms with Crippen LogP contribution in [-0.4, -0.2) is 25.6 Å². The van der Waals surface area contributed by atoms with Crippen molar-refractivity contribution < 1.29 is 14.2 Å². The zero-order valence-electron chi connectivity index (χ0n) is 14.1. The maximum absolute atomic E-state index is 6.36. The summed E-state index contributed by atoms with van der Waals surface area (Å²) < 4.78 is 17.2. The summed E-state index contributed by atoms with van der Waals surface area (Å²) in [7, 11) is 0. The Bertz CT molecular complexity index is 657. The molecule has 1 heterocycles. The second-order valence-electron chi connectivity index (χ2n) is 6.44. The predicted octanol–water partition coefficient (Wildman–Crippen LogP) is 4.71. The number of rotatable bonds is 6. The van der Waals surface area contributed by atoms with Gasteiger partial charge in [-0.25, -0.2) is 0 Å². The van der Waals surface area contributed by atoms with Crippen LogP contribution in [0.15, 0.2) is 48.5 Å². The first kappa shape index (κ1) is 17.3. The van der Waals surface area contributed by atoms with Crippen LogP contribution in [0.5, 0.6) is 5.75 Å². The molecule has 0 radical (unpaired) electrons. The van der Waals surface area contributed by atoms with Gasteiger partial charge >= 0.3 is 0 Å². The molecule has 1 aliphatic rings. The molecule has 0 N–H and O–H groups in total. The van der Waals surface area contributed by atoms with E-state index in [-0.39, 0.29) is 12.4 Å². The standard InChI is InChI=1S/C20H23ClO3/c1-14(2)20-23-13-17(24-20)12-22-19-9-8-16(11-18(19)21)10-15-6-4-3-5-7-15/h3-9,11,14,17,20H,10,12-13H2,1-2H3. The zero-order valence-corrected chi connectivity index (χ0v) is 14.8. The molecule has 1 aliphatic heterocycles. The van der Waals surface area contributed by atoms with Crippen LogP contribution in [-0.2, 0) is 15.9 Å². The second kappa shape index (κ2) is 8.02. The van der Waals surface area contributed by atoms with E-state index in [9.17, 15) is 0 Å². The Morgan fingerprint density at radius 3 is 2.58 bits per heavy atom. The Balaban J connectivity index is 1.55. The van der Waals surface area contributed by atoms with Gasteiger partial charge in [0.05, 0.1) is 11.6 Å². The fraction of sp³-hybridized carbons (Fsp3) is 0.400. The molecule has 3 rings (SSSR count). The first-order chi connectivity index (χ1) is 11.6. The molecule has 0 amide bonds. The lowest BCUT2D eigenvalue weighted by Gasteiger charge is -2.15. The van der Waals surface area contributed by atoms with Crippen LogP contribution in [0, 0.1) is 5.92 Å². The summed E-state index contributed by atoms with van der Waals surface area (Å²) >= 11 is 6.36. The highest BCUT2D eigenvalue weighted by atomic mass is 35.5. The summed E-state index contributed by atoms with van der Waals surface area (Å²) in [4.78, 5) is 0. The molecule has 1 saturated heterocycles. The molecule has 4 heteroatoms. The summed E-state index contributed by atoms with van der Waals surface area (Å²) in [6, 6.07) is 16.3. The minimum absolute atomic E-state index is 0.0440. The number of ether oxygens (including phenoxy) is 3. The van der Waals surface area contributed by atoms with Gasteiger partial charge in [0, 0.05) is 5.92 Å². The number of hydrogen-bond acceptors (Lipinski definition) is 3. The van der Waals surface area contributed by atoms with Gasteiger partial charge in [0.1, 0.15) is 18.5 Å². The van der Waals surface area contributed by atoms with E-state index in [2.05, 4.69) is 32.0 Å². The zero-order chi connectivity index (χ0) is 16.9. The van der Waals surface area contributed by atoms with Crippen LogP contribution in [0.25, 0.3) is 0 Å². The van der Waals surface area contributed by atoms with Crippen LogP contribution in [0.4, 0.5) is 0 Å². The Hall–Kier alpha value is -1.55. The monoisotopic (exact) mass is 346 g/mol. The fourth-order valence-electron chi connectivity index (χ4n) is 2.69. The molecule has 0 aliphatic carbocycles. The van der Waals surface area contributed by atoms with Crippen molar-refractivity contribution in [2.75, 3.05) is 13.2 Å². The summed E-state index contributed by atoms with van der Waals surface area (Å²) in [5.74, 6) is 1.03. The molecular weight excluding hydrogens is 324 g/mol. The van der Waals surface area contributed by atoms with Crippen molar-refractivity contribution in [2.24, 2.45) is 5.92 Å². The summed E-state index contributed by atoms with van der Waals surface area (Å²) in [5.41, 5.74) is 2.43. The van der Waals surface area contributed by atoms with Gasteiger partial charge in [-0.05, 0) is 29.7 Å². The molecule has 2 aromatic carbocycles. The topological polar surface area (TPSA) is 27.7 Å². The smallest absolute Gasteiger partial charge is 0.160 e. The number of halogens is 1. The molecule has 128 valence electrons. The average Bonchev–Trinajstić information content (AvgIpc) is 3.04. The molecular formula is C20H23ClO3. The first-order valence-corrected chi connectivity index (χ1v) is 8.72. The normalized spacial score (nSPS) is 20.5. The maximum atomic E-state index is 6.36. The van der Waals surface area contributed by atoms with Crippen molar-refractivity contribution in [3.63, 3.8) is 0 Å². The molecule has 0 aromatic heterocycles. The van der Waals surface area contributed by atoms with Gasteiger partial charge in [0.2, 0.25) is 0 Å². The van der Waals surface area contributed by atoms with E-state index in [0.29, 0.717) is 29.9 Å². The molecule has 2 atom stereocenters. The highest BCUT2D eigenvalue weighted by Gasteiger charge is 2.28. The second-order valence-corrected chi connectivity index (χ2v) is 6.85. The Morgan fingerprint density at radius 1 is 1.12 bits per heavy atom. The largest absolute Gasteiger partial charge is 0.489 e. The van der Waals surface area contributed by atoms with Gasteiger partial charge in [-0.15, -0.1) is 0 Å². The highest BCUT2D eigenvalue weighted by molar-refractivity contribution is 6.32. The third-order valence-electron chi connectivity index (χ3n) is 3.99. The van der Waals surface area contributed by atoms with E-state index >= 15 is 0 Å². The fourth-order valence-corrected chi connectivity index (χ4v) is 2.95. The van der Waals surface area contributed by atoms with E-state index < -0.39 is 0 Å². The van der Waals surface area contributed by atoms with Crippen molar-refractivity contribution in [3.8, 4) is 5.75 Å². The lowest BCUT2D eigenvalue weighted by molar-refractivity contribution is -0.0914. The molecule has 2 unspecified atom stereocenters. The third kappa shape index (κ3) is 4.50. The Kier molecular flexibility index (Phi) is 5.77. The highest BCUT2D eigenvalue weighted by Crippen LogP contribution is 2.27. The maximum Gasteiger partial charge on any atom is 0.160 e. The molecule has 0 bridgehead atoms. The van der Waals surface area contributed by atoms with Gasteiger partial charge < -0.3 is 14.2 Å². The summed E-state index contributed by atoms with van der Waals surface area (Å²) in [6.07, 6.45) is 0.677. The van der Waals surface area contributed by atoms with Crippen LogP contribution < -0.4 is 4.74 Å². The lowest BCUT2D eigenvalue weighted by atomic mass is 10.1. The van der Waals surface area contributed by atoms with E-state index in [1.54, 1.807) is 0 Å². The van der Waals surface area contributed by atoms with E-state index in [1.165, 1.54) is 11.1 Å². The van der Waals surface area contributed by atoms with Crippen LogP contribution in [0.1, 0.15) is 25.0 Å². The molecule has 0 spiro atoms. The summed E-state index contributed by atoms with van der Waals surface area (Å²) in [5, 5.41) is 0.628. The molecule has 3 nitrogen and oxygen atoms in total. The van der Waals surface area contributed by atoms with Crippen LogP contribution in [0.2, 0.25) is 5.02 Å². The van der Waals surface area contributed by atoms with E-state index in [1.807, 2.05) is 30.3 Å². The number of benzene rings is 2. The average molecular weight is 347 g/mol. The van der Waals surface area contributed by atoms with Crippen molar-refractivity contribution in [2.45, 2.75) is 32.7 Å². The molecule has 0 saturated carbocycles. The summed E-state index contributed by atoms with van der Waals surface area (Å²) in [6.45, 7) is 5.17. The predicted molar refractivity (Wildman–Crippen MR) is 95.6 cm³/mol. The Morgan fingerprint density at radius 2 is 1.92 bits per heavy atom. The van der Waals surface area contributed by atoms with Gasteiger partial charge in [-0.1, -0.05) is 61.8 Å². The lowest BCUT2D eigenvalue weighted by Crippen LogP contribution is -2.22. The van der Waals surface area contributed by atoms with Gasteiger partial charge in [-0.3, -0.25) is 0 Å². The van der Waals surface area contributed by atoms with Crippen molar-refractivity contribution in [1.29, 1.82) is 0 Å². The molecule has 1 fully saturated rings. The SMILES string of the molecule is CC(C)C1OCC(COc2ccc(Cc3ccccc3)cc2Cl)O1. The number of hydrogen-bond donors (Lipinski definition) is 0. The van der Waals surface area contributed by atoms with Gasteiger partial charge in [0.25, 0.3) is 0 Å². The quantitative estimate of drug-likeness (QED) is 0.758. The Labute approximate surface area is 148 Å².